The van der Waals surface area contributed by atoms with Crippen molar-refractivity contribution in [2.45, 2.75) is 13.8 Å². The molecule has 1 heteroatoms. The van der Waals surface area contributed by atoms with E-state index in [1.807, 2.05) is 0 Å². The van der Waals surface area contributed by atoms with Crippen molar-refractivity contribution in [3.63, 3.8) is 0 Å². The molecule has 0 amide bonds. The van der Waals surface area contributed by atoms with E-state index < -0.39 is 0 Å². The summed E-state index contributed by atoms with van der Waals surface area (Å²) in [6, 6.07) is 16.8. The predicted molar refractivity (Wildman–Crippen MR) is 71.1 cm³/mol. The zero-order chi connectivity index (χ0) is 11.8. The number of hydrogen-bond donors (Lipinski definition) is 0. The molecule has 0 saturated carbocycles. The van der Waals surface area contributed by atoms with E-state index in [0.29, 0.717) is 0 Å². The van der Waals surface area contributed by atoms with Crippen molar-refractivity contribution < 1.29 is 4.42 Å². The summed E-state index contributed by atoms with van der Waals surface area (Å²) in [7, 11) is 0. The predicted octanol–water partition coefficient (Wildman–Crippen LogP) is 4.72. The molecule has 0 aliphatic heterocycles. The van der Waals surface area contributed by atoms with Crippen LogP contribution in [0.5, 0.6) is 0 Å². The van der Waals surface area contributed by atoms with Gasteiger partial charge in [-0.3, -0.25) is 0 Å². The molecule has 17 heavy (non-hydrogen) atoms. The van der Waals surface area contributed by atoms with Crippen LogP contribution in [0.15, 0.2) is 52.9 Å². The second-order valence-electron chi connectivity index (χ2n) is 4.52. The molecule has 0 fully saturated rings. The summed E-state index contributed by atoms with van der Waals surface area (Å²) < 4.78 is 5.87. The van der Waals surface area contributed by atoms with Crippen LogP contribution < -0.4 is 0 Å². The second-order valence-corrected chi connectivity index (χ2v) is 4.52. The molecule has 0 saturated heterocycles. The molecule has 1 nitrogen and oxygen atoms in total. The lowest BCUT2D eigenvalue weighted by molar-refractivity contribution is 0.631. The van der Waals surface area contributed by atoms with Gasteiger partial charge in [-0.2, -0.15) is 0 Å². The monoisotopic (exact) mass is 222 g/mol. The highest BCUT2D eigenvalue weighted by molar-refractivity contribution is 5.83. The fraction of sp³-hybridized carbons (Fsp3) is 0.125. The van der Waals surface area contributed by atoms with Gasteiger partial charge in [-0.05, 0) is 31.5 Å². The van der Waals surface area contributed by atoms with E-state index in [9.17, 15) is 0 Å². The Balaban J connectivity index is 2.14. The smallest absolute Gasteiger partial charge is 0.135 e. The molecule has 0 spiro atoms. The number of benzene rings is 2. The molecule has 0 radical (unpaired) electrons. The van der Waals surface area contributed by atoms with Crippen molar-refractivity contribution in [1.82, 2.24) is 0 Å². The van der Waals surface area contributed by atoms with E-state index in [4.69, 9.17) is 4.42 Å². The standard InChI is InChI=1S/C16H14O/c1-11-3-6-13(7-4-11)16-10-14-8-5-12(2)9-15(14)17-16/h3-10H,1-2H3. The van der Waals surface area contributed by atoms with Crippen LogP contribution in [0.3, 0.4) is 0 Å². The van der Waals surface area contributed by atoms with E-state index in [-0.39, 0.29) is 0 Å². The minimum atomic E-state index is 0.936. The first-order chi connectivity index (χ1) is 8.22. The second kappa shape index (κ2) is 3.77. The van der Waals surface area contributed by atoms with Crippen LogP contribution in [0.1, 0.15) is 11.1 Å². The Bertz CT molecular complexity index is 660. The largest absolute Gasteiger partial charge is 0.456 e. The quantitative estimate of drug-likeness (QED) is 0.580. The topological polar surface area (TPSA) is 13.1 Å². The Morgan fingerprint density at radius 3 is 2.24 bits per heavy atom. The Morgan fingerprint density at radius 1 is 0.765 bits per heavy atom. The van der Waals surface area contributed by atoms with Crippen molar-refractivity contribution in [3.8, 4) is 11.3 Å². The van der Waals surface area contributed by atoms with Crippen molar-refractivity contribution in [3.05, 3.63) is 59.7 Å². The molecule has 84 valence electrons. The highest BCUT2D eigenvalue weighted by Gasteiger charge is 2.05. The first-order valence-electron chi connectivity index (χ1n) is 5.79. The van der Waals surface area contributed by atoms with Gasteiger partial charge in [-0.15, -0.1) is 0 Å². The third kappa shape index (κ3) is 1.84. The summed E-state index contributed by atoms with van der Waals surface area (Å²) >= 11 is 0. The Kier molecular flexibility index (Phi) is 2.25. The van der Waals surface area contributed by atoms with Crippen LogP contribution in [0.4, 0.5) is 0 Å². The molecule has 1 heterocycles. The molecule has 0 aliphatic rings. The first kappa shape index (κ1) is 10.2. The lowest BCUT2D eigenvalue weighted by Gasteiger charge is -1.96. The van der Waals surface area contributed by atoms with Gasteiger partial charge in [0.05, 0.1) is 0 Å². The van der Waals surface area contributed by atoms with E-state index in [1.165, 1.54) is 11.1 Å². The molecule has 0 aliphatic carbocycles. The molecular weight excluding hydrogens is 208 g/mol. The van der Waals surface area contributed by atoms with Gasteiger partial charge in [-0.25, -0.2) is 0 Å². The van der Waals surface area contributed by atoms with Crippen LogP contribution in [0, 0.1) is 13.8 Å². The molecular formula is C16H14O. The maximum atomic E-state index is 5.87. The zero-order valence-corrected chi connectivity index (χ0v) is 10.0. The molecule has 0 unspecified atom stereocenters. The van der Waals surface area contributed by atoms with Gasteiger partial charge in [-0.1, -0.05) is 42.0 Å². The highest BCUT2D eigenvalue weighted by atomic mass is 16.3. The number of aryl methyl sites for hydroxylation is 2. The fourth-order valence-corrected chi connectivity index (χ4v) is 2.00. The molecule has 0 N–H and O–H groups in total. The molecule has 2 aromatic carbocycles. The lowest BCUT2D eigenvalue weighted by atomic mass is 10.1. The Hall–Kier alpha value is -2.02. The van der Waals surface area contributed by atoms with E-state index in [2.05, 4.69) is 62.4 Å². The SMILES string of the molecule is Cc1ccc(-c2cc3ccc(C)cc3o2)cc1. The molecule has 0 bridgehead atoms. The summed E-state index contributed by atoms with van der Waals surface area (Å²) in [4.78, 5) is 0. The molecule has 3 aromatic rings. The van der Waals surface area contributed by atoms with Crippen LogP contribution in [0.2, 0.25) is 0 Å². The summed E-state index contributed by atoms with van der Waals surface area (Å²) in [6.45, 7) is 4.17. The number of fused-ring (bicyclic) bond motifs is 1. The van der Waals surface area contributed by atoms with Crippen LogP contribution >= 0.6 is 0 Å². The Labute approximate surface area is 101 Å². The van der Waals surface area contributed by atoms with E-state index in [1.54, 1.807) is 0 Å². The van der Waals surface area contributed by atoms with Crippen molar-refractivity contribution >= 4 is 11.0 Å². The third-order valence-corrected chi connectivity index (χ3v) is 3.01. The normalized spacial score (nSPS) is 10.9. The van der Waals surface area contributed by atoms with Gasteiger partial charge in [0.25, 0.3) is 0 Å². The van der Waals surface area contributed by atoms with Gasteiger partial charge in [0, 0.05) is 10.9 Å². The van der Waals surface area contributed by atoms with Gasteiger partial charge < -0.3 is 4.42 Å². The summed E-state index contributed by atoms with van der Waals surface area (Å²) in [6.07, 6.45) is 0. The van der Waals surface area contributed by atoms with Crippen LogP contribution in [-0.2, 0) is 0 Å². The number of furan rings is 1. The Morgan fingerprint density at radius 2 is 1.47 bits per heavy atom. The van der Waals surface area contributed by atoms with Gasteiger partial charge in [0.15, 0.2) is 0 Å². The zero-order valence-electron chi connectivity index (χ0n) is 10.0. The highest BCUT2D eigenvalue weighted by Crippen LogP contribution is 2.28. The van der Waals surface area contributed by atoms with Crippen LogP contribution in [-0.4, -0.2) is 0 Å². The first-order valence-corrected chi connectivity index (χ1v) is 5.79. The van der Waals surface area contributed by atoms with E-state index in [0.717, 1.165) is 22.3 Å². The summed E-state index contributed by atoms with van der Waals surface area (Å²) in [5, 5.41) is 1.16. The summed E-state index contributed by atoms with van der Waals surface area (Å²) in [5.74, 6) is 0.936. The minimum absolute atomic E-state index is 0.936. The average Bonchev–Trinajstić information content (AvgIpc) is 2.72. The third-order valence-electron chi connectivity index (χ3n) is 3.01. The van der Waals surface area contributed by atoms with Gasteiger partial charge in [0.2, 0.25) is 0 Å². The maximum Gasteiger partial charge on any atom is 0.135 e. The molecule has 0 atom stereocenters. The van der Waals surface area contributed by atoms with Crippen molar-refractivity contribution in [1.29, 1.82) is 0 Å². The van der Waals surface area contributed by atoms with Gasteiger partial charge in [0.1, 0.15) is 11.3 Å². The minimum Gasteiger partial charge on any atom is -0.456 e. The van der Waals surface area contributed by atoms with E-state index >= 15 is 0 Å². The number of rotatable bonds is 1. The maximum absolute atomic E-state index is 5.87. The van der Waals surface area contributed by atoms with Crippen LogP contribution in [0.25, 0.3) is 22.3 Å². The lowest BCUT2D eigenvalue weighted by Crippen LogP contribution is -1.74. The number of hydrogen-bond acceptors (Lipinski definition) is 1. The van der Waals surface area contributed by atoms with Crippen molar-refractivity contribution in [2.75, 3.05) is 0 Å². The molecule has 1 aromatic heterocycles. The summed E-state index contributed by atoms with van der Waals surface area (Å²) in [5.41, 5.74) is 4.58. The molecule has 3 rings (SSSR count). The average molecular weight is 222 g/mol. The fourth-order valence-electron chi connectivity index (χ4n) is 2.00. The van der Waals surface area contributed by atoms with Crippen molar-refractivity contribution in [2.24, 2.45) is 0 Å². The van der Waals surface area contributed by atoms with Gasteiger partial charge >= 0.3 is 0 Å².